The Morgan fingerprint density at radius 3 is 2.63 bits per heavy atom. The van der Waals surface area contributed by atoms with Crippen LogP contribution >= 0.6 is 34.8 Å². The number of nitrogens with zero attached hydrogens (tertiary/aromatic N) is 3. The van der Waals surface area contributed by atoms with Crippen molar-refractivity contribution in [2.45, 2.75) is 0 Å². The van der Waals surface area contributed by atoms with E-state index in [2.05, 4.69) is 15.0 Å². The van der Waals surface area contributed by atoms with E-state index in [4.69, 9.17) is 39.5 Å². The summed E-state index contributed by atoms with van der Waals surface area (Å²) in [5.74, 6) is -0.342. The number of carbonyl (C=O) groups is 1. The topological polar surface area (TPSA) is 65.0 Å². The minimum Gasteiger partial charge on any atom is -0.480 e. The smallest absolute Gasteiger partial charge is 0.233 e. The van der Waals surface area contributed by atoms with Crippen LogP contribution in [0.25, 0.3) is 0 Å². The lowest BCUT2D eigenvalue weighted by Crippen LogP contribution is -2.08. The molecule has 0 radical (unpaired) electrons. The fourth-order valence-corrected chi connectivity index (χ4v) is 2.05. The number of aromatic nitrogens is 3. The van der Waals surface area contributed by atoms with Crippen LogP contribution in [0.5, 0.6) is 5.88 Å². The average Bonchev–Trinajstić information content (AvgIpc) is 2.38. The second-order valence-electron chi connectivity index (χ2n) is 3.34. The largest absolute Gasteiger partial charge is 0.480 e. The van der Waals surface area contributed by atoms with E-state index < -0.39 is 5.78 Å². The van der Waals surface area contributed by atoms with Gasteiger partial charge in [0.2, 0.25) is 11.7 Å². The lowest BCUT2D eigenvalue weighted by Gasteiger charge is -2.07. The van der Waals surface area contributed by atoms with Crippen molar-refractivity contribution in [1.29, 1.82) is 0 Å². The second kappa shape index (κ2) is 5.69. The van der Waals surface area contributed by atoms with Crippen LogP contribution in [0, 0.1) is 0 Å². The highest BCUT2D eigenvalue weighted by molar-refractivity contribution is 6.38. The van der Waals surface area contributed by atoms with E-state index in [0.29, 0.717) is 0 Å². The summed E-state index contributed by atoms with van der Waals surface area (Å²) in [5, 5.41) is 0.0899. The van der Waals surface area contributed by atoms with E-state index >= 15 is 0 Å². The van der Waals surface area contributed by atoms with Gasteiger partial charge in [-0.15, -0.1) is 0 Å². The fourth-order valence-electron chi connectivity index (χ4n) is 1.37. The van der Waals surface area contributed by atoms with Crippen LogP contribution in [0.3, 0.4) is 0 Å². The predicted octanol–water partition coefficient (Wildman–Crippen LogP) is 3.07. The van der Waals surface area contributed by atoms with Gasteiger partial charge in [-0.25, -0.2) is 15.0 Å². The number of rotatable bonds is 3. The Morgan fingerprint density at radius 1 is 1.26 bits per heavy atom. The minimum atomic E-state index is -0.486. The molecule has 0 bridgehead atoms. The average molecular weight is 319 g/mol. The van der Waals surface area contributed by atoms with Crippen molar-refractivity contribution >= 4 is 40.6 Å². The molecule has 0 saturated heterocycles. The molecule has 0 aliphatic rings. The third-order valence-electron chi connectivity index (χ3n) is 2.21. The van der Waals surface area contributed by atoms with E-state index in [1.807, 2.05) is 0 Å². The molecule has 2 rings (SSSR count). The molecule has 2 aromatic heterocycles. The summed E-state index contributed by atoms with van der Waals surface area (Å²) < 4.78 is 4.94. The van der Waals surface area contributed by atoms with Crippen molar-refractivity contribution in [3.05, 3.63) is 45.0 Å². The standard InChI is InChI=1S/C11H6Cl3N3O2/c1-19-11-7(13)5(2-3-15-11)9(18)8-10(14)17-6(12)4-16-8/h2-4H,1H3. The first-order chi connectivity index (χ1) is 9.04. The summed E-state index contributed by atoms with van der Waals surface area (Å²) in [5.41, 5.74) is 0.133. The number of hydrogen-bond donors (Lipinski definition) is 0. The Hall–Kier alpha value is -1.43. The van der Waals surface area contributed by atoms with Crippen LogP contribution in [0.15, 0.2) is 18.5 Å². The van der Waals surface area contributed by atoms with Crippen LogP contribution in [0.1, 0.15) is 16.1 Å². The molecule has 0 aliphatic heterocycles. The van der Waals surface area contributed by atoms with Crippen molar-refractivity contribution in [3.8, 4) is 5.88 Å². The van der Waals surface area contributed by atoms with E-state index in [1.54, 1.807) is 0 Å². The van der Waals surface area contributed by atoms with Crippen LogP contribution in [0.2, 0.25) is 15.3 Å². The zero-order valence-electron chi connectivity index (χ0n) is 9.52. The van der Waals surface area contributed by atoms with Crippen molar-refractivity contribution < 1.29 is 9.53 Å². The lowest BCUT2D eigenvalue weighted by atomic mass is 10.1. The Bertz CT molecular complexity index is 649. The molecule has 8 heteroatoms. The maximum absolute atomic E-state index is 12.3. The molecule has 0 N–H and O–H groups in total. The zero-order valence-corrected chi connectivity index (χ0v) is 11.8. The van der Waals surface area contributed by atoms with Crippen LogP contribution in [0.4, 0.5) is 0 Å². The third-order valence-corrected chi connectivity index (χ3v) is 3.02. The van der Waals surface area contributed by atoms with Crippen molar-refractivity contribution in [3.63, 3.8) is 0 Å². The minimum absolute atomic E-state index is 0.0405. The number of carbonyl (C=O) groups excluding carboxylic acids is 1. The Balaban J connectivity index is 2.50. The SMILES string of the molecule is COc1nccc(C(=O)c2ncc(Cl)nc2Cl)c1Cl. The van der Waals surface area contributed by atoms with E-state index in [1.165, 1.54) is 25.6 Å². The van der Waals surface area contributed by atoms with Gasteiger partial charge < -0.3 is 4.74 Å². The Labute approximate surface area is 123 Å². The molecule has 0 unspecified atom stereocenters. The van der Waals surface area contributed by atoms with Crippen LogP contribution in [-0.2, 0) is 0 Å². The molecule has 0 amide bonds. The van der Waals surface area contributed by atoms with Gasteiger partial charge in [0.15, 0.2) is 5.15 Å². The molecule has 0 saturated carbocycles. The number of halogens is 3. The quantitative estimate of drug-likeness (QED) is 0.814. The Kier molecular flexibility index (Phi) is 4.19. The van der Waals surface area contributed by atoms with Gasteiger partial charge in [0.1, 0.15) is 15.9 Å². The maximum atomic E-state index is 12.3. The van der Waals surface area contributed by atoms with Gasteiger partial charge in [-0.1, -0.05) is 34.8 Å². The number of ketones is 1. The van der Waals surface area contributed by atoms with Gasteiger partial charge in [-0.2, -0.15) is 0 Å². The number of hydrogen-bond acceptors (Lipinski definition) is 5. The molecule has 0 atom stereocenters. The van der Waals surface area contributed by atoms with Crippen molar-refractivity contribution in [2.75, 3.05) is 7.11 Å². The molecular weight excluding hydrogens is 312 g/mol. The van der Waals surface area contributed by atoms with Gasteiger partial charge in [-0.3, -0.25) is 4.79 Å². The zero-order chi connectivity index (χ0) is 14.0. The number of ether oxygens (including phenoxy) is 1. The molecule has 0 spiro atoms. The summed E-state index contributed by atoms with van der Waals surface area (Å²) >= 11 is 17.5. The monoisotopic (exact) mass is 317 g/mol. The van der Waals surface area contributed by atoms with Crippen molar-refractivity contribution in [1.82, 2.24) is 15.0 Å². The first kappa shape index (κ1) is 14.0. The first-order valence-electron chi connectivity index (χ1n) is 4.95. The van der Waals surface area contributed by atoms with Gasteiger partial charge in [0.05, 0.1) is 13.3 Å². The molecular formula is C11H6Cl3N3O2. The summed E-state index contributed by atoms with van der Waals surface area (Å²) in [6.07, 6.45) is 2.63. The van der Waals surface area contributed by atoms with E-state index in [-0.39, 0.29) is 32.5 Å². The lowest BCUT2D eigenvalue weighted by molar-refractivity contribution is 0.103. The molecule has 2 heterocycles. The van der Waals surface area contributed by atoms with Gasteiger partial charge in [0, 0.05) is 11.8 Å². The molecule has 19 heavy (non-hydrogen) atoms. The Morgan fingerprint density at radius 2 is 2.00 bits per heavy atom. The summed E-state index contributed by atoms with van der Waals surface area (Å²) in [6, 6.07) is 1.44. The molecule has 0 aromatic carbocycles. The van der Waals surface area contributed by atoms with Gasteiger partial charge in [-0.05, 0) is 6.07 Å². The highest BCUT2D eigenvalue weighted by atomic mass is 35.5. The number of pyridine rings is 1. The fraction of sp³-hybridized carbons (Fsp3) is 0.0909. The molecule has 5 nitrogen and oxygen atoms in total. The third kappa shape index (κ3) is 2.78. The summed E-state index contributed by atoms with van der Waals surface area (Å²) in [4.78, 5) is 23.7. The van der Waals surface area contributed by atoms with Gasteiger partial charge >= 0.3 is 0 Å². The summed E-state index contributed by atoms with van der Waals surface area (Å²) in [6.45, 7) is 0. The van der Waals surface area contributed by atoms with Crippen molar-refractivity contribution in [2.24, 2.45) is 0 Å². The molecule has 0 aliphatic carbocycles. The maximum Gasteiger partial charge on any atom is 0.233 e. The molecule has 0 fully saturated rings. The highest BCUT2D eigenvalue weighted by Crippen LogP contribution is 2.28. The second-order valence-corrected chi connectivity index (χ2v) is 4.47. The highest BCUT2D eigenvalue weighted by Gasteiger charge is 2.21. The normalized spacial score (nSPS) is 10.3. The summed E-state index contributed by atoms with van der Waals surface area (Å²) in [7, 11) is 1.40. The van der Waals surface area contributed by atoms with Crippen LogP contribution in [-0.4, -0.2) is 27.8 Å². The van der Waals surface area contributed by atoms with Crippen LogP contribution < -0.4 is 4.74 Å². The first-order valence-corrected chi connectivity index (χ1v) is 6.09. The molecule has 2 aromatic rings. The number of methoxy groups -OCH3 is 1. The molecule has 98 valence electrons. The van der Waals surface area contributed by atoms with Gasteiger partial charge in [0.25, 0.3) is 0 Å². The predicted molar refractivity (Wildman–Crippen MR) is 71.3 cm³/mol. The van der Waals surface area contributed by atoms with E-state index in [0.717, 1.165) is 0 Å². The van der Waals surface area contributed by atoms with E-state index in [9.17, 15) is 4.79 Å².